The van der Waals surface area contributed by atoms with Gasteiger partial charge in [-0.2, -0.15) is 21.6 Å². The Kier molecular flexibility index (Phi) is 7.90. The second kappa shape index (κ2) is 8.82. The van der Waals surface area contributed by atoms with Gasteiger partial charge in [0, 0.05) is 39.2 Å². The lowest BCUT2D eigenvalue weighted by Gasteiger charge is -2.37. The summed E-state index contributed by atoms with van der Waals surface area (Å²) in [5.41, 5.74) is -5.15. The second-order valence-electron chi connectivity index (χ2n) is 5.03. The minimum Gasteiger partial charge on any atom is -0.395 e. The topological polar surface area (TPSA) is 101 Å². The number of alkyl halides is 3. The summed E-state index contributed by atoms with van der Waals surface area (Å²) in [5, 5.41) is 18.3. The highest BCUT2D eigenvalue weighted by molar-refractivity contribution is 8.32. The molecular formula is C13H19F3O6S3. The summed E-state index contributed by atoms with van der Waals surface area (Å²) >= 11 is 0. The van der Waals surface area contributed by atoms with Gasteiger partial charge >= 0.3 is 15.6 Å². The molecule has 0 radical (unpaired) electrons. The first-order valence-corrected chi connectivity index (χ1v) is 11.9. The van der Waals surface area contributed by atoms with E-state index in [1.807, 2.05) is 0 Å². The molecule has 25 heavy (non-hydrogen) atoms. The van der Waals surface area contributed by atoms with Crippen LogP contribution in [-0.4, -0.2) is 59.3 Å². The summed E-state index contributed by atoms with van der Waals surface area (Å²) in [6, 6.07) is 6.01. The predicted molar refractivity (Wildman–Crippen MR) is 90.0 cm³/mol. The number of hydrogen-bond acceptors (Lipinski definition) is 6. The Labute approximate surface area is 148 Å². The maximum atomic E-state index is 12.7. The molecular weight excluding hydrogens is 405 g/mol. The average molecular weight is 424 g/mol. The van der Waals surface area contributed by atoms with E-state index in [0.29, 0.717) is 10.5 Å². The summed E-state index contributed by atoms with van der Waals surface area (Å²) in [4.78, 5) is 0.498. The molecule has 0 saturated heterocycles. The molecule has 0 spiro atoms. The van der Waals surface area contributed by atoms with Crippen molar-refractivity contribution in [2.75, 3.05) is 31.0 Å². The van der Waals surface area contributed by atoms with Gasteiger partial charge in [0.05, 0.1) is 13.2 Å². The number of aliphatic hydroxyl groups is 2. The zero-order valence-electron chi connectivity index (χ0n) is 13.2. The third-order valence-electron chi connectivity index (χ3n) is 3.13. The normalized spacial score (nSPS) is 15.1. The molecule has 1 aromatic carbocycles. The molecule has 12 heteroatoms. The fourth-order valence-electron chi connectivity index (χ4n) is 1.98. The van der Waals surface area contributed by atoms with Crippen molar-refractivity contribution in [2.45, 2.75) is 16.2 Å². The Balaban J connectivity index is 3.20. The molecule has 0 amide bonds. The van der Waals surface area contributed by atoms with Crippen molar-refractivity contribution in [1.82, 2.24) is 0 Å². The van der Waals surface area contributed by atoms with Gasteiger partial charge < -0.3 is 10.2 Å². The molecule has 0 aliphatic heterocycles. The van der Waals surface area contributed by atoms with Crippen LogP contribution in [0.3, 0.4) is 0 Å². The molecule has 146 valence electrons. The summed E-state index contributed by atoms with van der Waals surface area (Å²) in [6.07, 6.45) is 1.46. The summed E-state index contributed by atoms with van der Waals surface area (Å²) < 4.78 is 76.7. The Morgan fingerprint density at radius 2 is 1.56 bits per heavy atom. The first-order chi connectivity index (χ1) is 11.5. The van der Waals surface area contributed by atoms with E-state index < -0.39 is 49.9 Å². The summed E-state index contributed by atoms with van der Waals surface area (Å²) in [5.74, 6) is -0.894. The van der Waals surface area contributed by atoms with E-state index in [2.05, 4.69) is 3.63 Å². The van der Waals surface area contributed by atoms with Crippen LogP contribution in [0.1, 0.15) is 5.56 Å². The fourth-order valence-corrected chi connectivity index (χ4v) is 7.02. The van der Waals surface area contributed by atoms with Gasteiger partial charge in [-0.3, -0.25) is 4.21 Å². The van der Waals surface area contributed by atoms with Gasteiger partial charge in [0.2, 0.25) is 0 Å². The van der Waals surface area contributed by atoms with Gasteiger partial charge in [0.1, 0.15) is 0 Å². The highest BCUT2D eigenvalue weighted by atomic mass is 32.3. The third kappa shape index (κ3) is 6.22. The van der Waals surface area contributed by atoms with Crippen molar-refractivity contribution < 1.29 is 39.6 Å². The van der Waals surface area contributed by atoms with Crippen molar-refractivity contribution in [3.8, 4) is 0 Å². The zero-order valence-corrected chi connectivity index (χ0v) is 15.7. The van der Waals surface area contributed by atoms with Crippen molar-refractivity contribution in [1.29, 1.82) is 0 Å². The van der Waals surface area contributed by atoms with Gasteiger partial charge in [0.25, 0.3) is 0 Å². The molecule has 1 unspecified atom stereocenters. The molecule has 0 heterocycles. The van der Waals surface area contributed by atoms with E-state index in [0.717, 1.165) is 0 Å². The molecule has 0 saturated carbocycles. The maximum Gasteiger partial charge on any atom is 0.523 e. The van der Waals surface area contributed by atoms with Gasteiger partial charge in [0.15, 0.2) is 0 Å². The Morgan fingerprint density at radius 1 is 1.08 bits per heavy atom. The molecule has 1 atom stereocenters. The van der Waals surface area contributed by atoms with E-state index in [-0.39, 0.29) is 17.3 Å². The predicted octanol–water partition coefficient (Wildman–Crippen LogP) is 1.49. The van der Waals surface area contributed by atoms with Crippen molar-refractivity contribution in [2.24, 2.45) is 0 Å². The Morgan fingerprint density at radius 3 is 1.92 bits per heavy atom. The van der Waals surface area contributed by atoms with E-state index in [1.165, 1.54) is 30.5 Å². The fraction of sp³-hybridized carbons (Fsp3) is 0.538. The van der Waals surface area contributed by atoms with Crippen LogP contribution in [0.2, 0.25) is 0 Å². The van der Waals surface area contributed by atoms with Gasteiger partial charge in [-0.05, 0) is 17.7 Å². The molecule has 0 fully saturated rings. The third-order valence-corrected chi connectivity index (χ3v) is 9.22. The average Bonchev–Trinajstić information content (AvgIpc) is 2.46. The smallest absolute Gasteiger partial charge is 0.395 e. The van der Waals surface area contributed by atoms with Crippen LogP contribution in [-0.2, 0) is 30.3 Å². The number of rotatable bonds is 9. The van der Waals surface area contributed by atoms with Crippen LogP contribution in [0.5, 0.6) is 0 Å². The first kappa shape index (κ1) is 22.4. The van der Waals surface area contributed by atoms with Crippen LogP contribution in [0.4, 0.5) is 13.2 Å². The minimum atomic E-state index is -5.88. The van der Waals surface area contributed by atoms with E-state index in [9.17, 15) is 25.8 Å². The van der Waals surface area contributed by atoms with Crippen LogP contribution in [0, 0.1) is 0 Å². The van der Waals surface area contributed by atoms with Crippen molar-refractivity contribution in [3.05, 3.63) is 29.8 Å². The Hall–Kier alpha value is -0.660. The monoisotopic (exact) mass is 424 g/mol. The van der Waals surface area contributed by atoms with Crippen LogP contribution >= 0.6 is 10.3 Å². The molecule has 6 nitrogen and oxygen atoms in total. The van der Waals surface area contributed by atoms with Crippen LogP contribution in [0.15, 0.2) is 29.2 Å². The van der Waals surface area contributed by atoms with Crippen molar-refractivity contribution in [3.63, 3.8) is 0 Å². The first-order valence-electron chi connectivity index (χ1n) is 6.89. The molecule has 0 bridgehead atoms. The largest absolute Gasteiger partial charge is 0.523 e. The number of halogens is 3. The second-order valence-corrected chi connectivity index (χ2v) is 11.4. The zero-order chi connectivity index (χ0) is 19.3. The highest BCUT2D eigenvalue weighted by Crippen LogP contribution is 2.54. The van der Waals surface area contributed by atoms with Crippen LogP contribution < -0.4 is 0 Å². The molecule has 0 aromatic heterocycles. The lowest BCUT2D eigenvalue weighted by atomic mass is 10.2. The molecule has 0 aliphatic rings. The lowest BCUT2D eigenvalue weighted by molar-refractivity contribution is -0.0496. The number of hydrogen-bond donors (Lipinski definition) is 2. The number of aliphatic hydroxyl groups excluding tert-OH is 2. The van der Waals surface area contributed by atoms with E-state index in [4.69, 9.17) is 10.2 Å². The van der Waals surface area contributed by atoms with Gasteiger partial charge in [-0.1, -0.05) is 12.1 Å². The SMILES string of the molecule is CS(=O)c1ccc(CS(CCO)(CCO)OS(=O)(=O)C(F)(F)F)cc1. The minimum absolute atomic E-state index is 0.208. The molecule has 0 aliphatic carbocycles. The lowest BCUT2D eigenvalue weighted by Crippen LogP contribution is -2.30. The molecule has 1 rings (SSSR count). The maximum absolute atomic E-state index is 12.7. The van der Waals surface area contributed by atoms with Crippen LogP contribution in [0.25, 0.3) is 0 Å². The Bertz CT molecular complexity index is 682. The highest BCUT2D eigenvalue weighted by Gasteiger charge is 2.50. The summed E-state index contributed by atoms with van der Waals surface area (Å²) in [7, 11) is -10.1. The van der Waals surface area contributed by atoms with Gasteiger partial charge in [-0.15, -0.1) is 10.3 Å². The molecule has 2 N–H and O–H groups in total. The quantitative estimate of drug-likeness (QED) is 0.583. The summed E-state index contributed by atoms with van der Waals surface area (Å²) in [6.45, 7) is -1.19. The van der Waals surface area contributed by atoms with Crippen molar-refractivity contribution >= 4 is 31.2 Å². The molecule has 1 aromatic rings. The standard InChI is InChI=1S/C13H19F3O6S3/c1-23(19)12-4-2-11(3-5-12)10-24(8-6-17,9-7-18)22-25(20,21)13(14,15)16/h2-5,17-18H,6-10H2,1H3. The van der Waals surface area contributed by atoms with E-state index >= 15 is 0 Å². The van der Waals surface area contributed by atoms with Gasteiger partial charge in [-0.25, -0.2) is 3.63 Å². The number of benzene rings is 1. The van der Waals surface area contributed by atoms with E-state index in [1.54, 1.807) is 0 Å².